The van der Waals surface area contributed by atoms with E-state index in [1.807, 2.05) is 37.3 Å². The molecule has 0 spiro atoms. The lowest BCUT2D eigenvalue weighted by Crippen LogP contribution is -2.27. The lowest BCUT2D eigenvalue weighted by Gasteiger charge is -2.16. The zero-order valence-electron chi connectivity index (χ0n) is 20.7. The average Bonchev–Trinajstić information content (AvgIpc) is 3.17. The summed E-state index contributed by atoms with van der Waals surface area (Å²) >= 11 is 15.2. The molecule has 5 nitrogen and oxygen atoms in total. The van der Waals surface area contributed by atoms with Crippen molar-refractivity contribution < 1.29 is 19.1 Å². The standard InChI is InChI=1S/C30H22Cl2INO4S/c1-2-37-26-14-19(13-25(33)28(26)38-17-21-8-5-7-20-6-3-4-9-22(20)21)15-27-29(35)34(30(36)39-27)16-18-10-11-23(31)24(32)12-18/h3-15H,2,16-17H2,1H3/b27-15-. The molecule has 0 atom stereocenters. The van der Waals surface area contributed by atoms with Gasteiger partial charge in [-0.25, -0.2) is 0 Å². The van der Waals surface area contributed by atoms with E-state index in [2.05, 4.69) is 46.9 Å². The maximum atomic E-state index is 13.1. The molecule has 1 heterocycles. The molecule has 1 aliphatic rings. The van der Waals surface area contributed by atoms with E-state index in [1.165, 1.54) is 4.90 Å². The van der Waals surface area contributed by atoms with Crippen LogP contribution in [0.25, 0.3) is 16.8 Å². The van der Waals surface area contributed by atoms with Crippen LogP contribution in [0.4, 0.5) is 4.79 Å². The summed E-state index contributed by atoms with van der Waals surface area (Å²) in [6, 6.07) is 23.1. The zero-order valence-corrected chi connectivity index (χ0v) is 25.2. The van der Waals surface area contributed by atoms with Gasteiger partial charge in [0.05, 0.1) is 31.7 Å². The van der Waals surface area contributed by atoms with Crippen molar-refractivity contribution in [2.45, 2.75) is 20.1 Å². The number of thioether (sulfide) groups is 1. The number of rotatable bonds is 8. The van der Waals surface area contributed by atoms with Gasteiger partial charge in [-0.05, 0) is 99.1 Å². The summed E-state index contributed by atoms with van der Waals surface area (Å²) in [4.78, 5) is 27.3. The fourth-order valence-electron chi connectivity index (χ4n) is 4.25. The number of nitrogens with zero attached hydrogens (tertiary/aromatic N) is 1. The van der Waals surface area contributed by atoms with E-state index in [9.17, 15) is 9.59 Å². The fourth-order valence-corrected chi connectivity index (χ4v) is 6.19. The Morgan fingerprint density at radius 1 is 0.949 bits per heavy atom. The van der Waals surface area contributed by atoms with Crippen molar-refractivity contribution in [3.8, 4) is 11.5 Å². The van der Waals surface area contributed by atoms with Crippen LogP contribution in [0.1, 0.15) is 23.6 Å². The average molecular weight is 690 g/mol. The molecule has 1 aliphatic heterocycles. The molecule has 39 heavy (non-hydrogen) atoms. The predicted octanol–water partition coefficient (Wildman–Crippen LogP) is 8.97. The summed E-state index contributed by atoms with van der Waals surface area (Å²) < 4.78 is 13.0. The second kappa shape index (κ2) is 12.2. The lowest BCUT2D eigenvalue weighted by molar-refractivity contribution is -0.123. The van der Waals surface area contributed by atoms with Crippen LogP contribution in [0.3, 0.4) is 0 Å². The van der Waals surface area contributed by atoms with E-state index in [0.717, 1.165) is 37.2 Å². The topological polar surface area (TPSA) is 55.8 Å². The third-order valence-electron chi connectivity index (χ3n) is 6.08. The van der Waals surface area contributed by atoms with Crippen LogP contribution in [0.5, 0.6) is 11.5 Å². The number of halogens is 3. The molecule has 1 fully saturated rings. The van der Waals surface area contributed by atoms with Gasteiger partial charge in [-0.1, -0.05) is 71.7 Å². The summed E-state index contributed by atoms with van der Waals surface area (Å²) in [5.41, 5.74) is 2.53. The predicted molar refractivity (Wildman–Crippen MR) is 167 cm³/mol. The molecule has 2 amide bonds. The first-order valence-corrected chi connectivity index (χ1v) is 14.7. The first-order valence-electron chi connectivity index (χ1n) is 12.1. The summed E-state index contributed by atoms with van der Waals surface area (Å²) in [7, 11) is 0. The SMILES string of the molecule is CCOc1cc(/C=C2\SC(=O)N(Cc3ccc(Cl)c(Cl)c3)C2=O)cc(I)c1OCc1cccc2ccccc12. The highest BCUT2D eigenvalue weighted by molar-refractivity contribution is 14.1. The van der Waals surface area contributed by atoms with Crippen LogP contribution in [-0.2, 0) is 17.9 Å². The highest BCUT2D eigenvalue weighted by Crippen LogP contribution is 2.38. The molecule has 0 radical (unpaired) electrons. The van der Waals surface area contributed by atoms with Gasteiger partial charge in [0.2, 0.25) is 0 Å². The van der Waals surface area contributed by atoms with Gasteiger partial charge in [0.15, 0.2) is 11.5 Å². The molecule has 4 aromatic rings. The summed E-state index contributed by atoms with van der Waals surface area (Å²) in [6.07, 6.45) is 1.71. The Kier molecular flexibility index (Phi) is 8.71. The van der Waals surface area contributed by atoms with Gasteiger partial charge in [-0.15, -0.1) is 0 Å². The summed E-state index contributed by atoms with van der Waals surface area (Å²) in [5.74, 6) is 0.849. The Bertz CT molecular complexity index is 1620. The van der Waals surface area contributed by atoms with Crippen molar-refractivity contribution in [2.75, 3.05) is 6.61 Å². The highest BCUT2D eigenvalue weighted by atomic mass is 127. The minimum atomic E-state index is -0.361. The Hall–Kier alpha value is -2.72. The number of carbonyl (C=O) groups is 2. The fraction of sp³-hybridized carbons (Fsp3) is 0.133. The Morgan fingerprint density at radius 2 is 1.74 bits per heavy atom. The largest absolute Gasteiger partial charge is 0.490 e. The van der Waals surface area contributed by atoms with Crippen LogP contribution < -0.4 is 9.47 Å². The molecule has 5 rings (SSSR count). The molecule has 0 N–H and O–H groups in total. The number of fused-ring (bicyclic) bond motifs is 1. The van der Waals surface area contributed by atoms with Gasteiger partial charge in [0.1, 0.15) is 6.61 Å². The van der Waals surface area contributed by atoms with Gasteiger partial charge >= 0.3 is 0 Å². The quantitative estimate of drug-likeness (QED) is 0.137. The Balaban J connectivity index is 1.38. The maximum absolute atomic E-state index is 13.1. The Morgan fingerprint density at radius 3 is 2.54 bits per heavy atom. The number of hydrogen-bond donors (Lipinski definition) is 0. The van der Waals surface area contributed by atoms with Crippen LogP contribution in [0.2, 0.25) is 10.0 Å². The smallest absolute Gasteiger partial charge is 0.293 e. The summed E-state index contributed by atoms with van der Waals surface area (Å²) in [6.45, 7) is 2.85. The van der Waals surface area contributed by atoms with E-state index < -0.39 is 0 Å². The molecule has 4 aromatic carbocycles. The Labute approximate surface area is 254 Å². The maximum Gasteiger partial charge on any atom is 0.293 e. The number of carbonyl (C=O) groups excluding carboxylic acids is 2. The van der Waals surface area contributed by atoms with Gasteiger partial charge in [-0.2, -0.15) is 0 Å². The molecular weight excluding hydrogens is 668 g/mol. The normalized spacial score (nSPS) is 14.5. The molecule has 0 unspecified atom stereocenters. The van der Waals surface area contributed by atoms with Crippen LogP contribution in [0, 0.1) is 3.57 Å². The van der Waals surface area contributed by atoms with Crippen LogP contribution in [0.15, 0.2) is 77.7 Å². The first-order chi connectivity index (χ1) is 18.8. The van der Waals surface area contributed by atoms with E-state index in [4.69, 9.17) is 32.7 Å². The third kappa shape index (κ3) is 6.22. The minimum absolute atomic E-state index is 0.113. The van der Waals surface area contributed by atoms with Gasteiger partial charge in [0, 0.05) is 0 Å². The van der Waals surface area contributed by atoms with Gasteiger partial charge in [-0.3, -0.25) is 14.5 Å². The number of imide groups is 1. The van der Waals surface area contributed by atoms with Crippen LogP contribution in [-0.4, -0.2) is 22.7 Å². The molecule has 0 bridgehead atoms. The van der Waals surface area contributed by atoms with Crippen molar-refractivity contribution in [1.82, 2.24) is 4.90 Å². The minimum Gasteiger partial charge on any atom is -0.490 e. The van der Waals surface area contributed by atoms with Crippen LogP contribution >= 0.6 is 57.6 Å². The number of benzene rings is 4. The van der Waals surface area contributed by atoms with Gasteiger partial charge < -0.3 is 9.47 Å². The summed E-state index contributed by atoms with van der Waals surface area (Å²) in [5, 5.41) is 2.74. The number of amides is 2. The van der Waals surface area contributed by atoms with Crippen molar-refractivity contribution in [3.63, 3.8) is 0 Å². The number of ether oxygens (including phenoxy) is 2. The van der Waals surface area contributed by atoms with E-state index in [-0.39, 0.29) is 17.7 Å². The molecule has 9 heteroatoms. The van der Waals surface area contributed by atoms with Crippen molar-refractivity contribution in [1.29, 1.82) is 0 Å². The first kappa shape index (κ1) is 27.8. The van der Waals surface area contributed by atoms with E-state index >= 15 is 0 Å². The van der Waals surface area contributed by atoms with E-state index in [1.54, 1.807) is 24.3 Å². The molecule has 198 valence electrons. The molecule has 0 saturated carbocycles. The zero-order chi connectivity index (χ0) is 27.5. The number of hydrogen-bond acceptors (Lipinski definition) is 5. The van der Waals surface area contributed by atoms with Crippen molar-refractivity contribution in [3.05, 3.63) is 108 Å². The lowest BCUT2D eigenvalue weighted by atomic mass is 10.1. The van der Waals surface area contributed by atoms with E-state index in [0.29, 0.717) is 45.2 Å². The highest BCUT2D eigenvalue weighted by Gasteiger charge is 2.35. The van der Waals surface area contributed by atoms with Gasteiger partial charge in [0.25, 0.3) is 11.1 Å². The third-order valence-corrected chi connectivity index (χ3v) is 8.53. The molecule has 1 saturated heterocycles. The molecular formula is C30H22Cl2INO4S. The second-order valence-corrected chi connectivity index (χ2v) is 11.7. The monoisotopic (exact) mass is 689 g/mol. The van der Waals surface area contributed by atoms with Crippen molar-refractivity contribution in [2.24, 2.45) is 0 Å². The van der Waals surface area contributed by atoms with Crippen molar-refractivity contribution >= 4 is 85.5 Å². The second-order valence-electron chi connectivity index (χ2n) is 8.71. The molecule has 0 aromatic heterocycles. The molecule has 0 aliphatic carbocycles.